The summed E-state index contributed by atoms with van der Waals surface area (Å²) >= 11 is 6.25. The fourth-order valence-corrected chi connectivity index (χ4v) is 4.46. The highest BCUT2D eigenvalue weighted by molar-refractivity contribution is 6.33. The summed E-state index contributed by atoms with van der Waals surface area (Å²) < 4.78 is 7.55. The first-order valence-electron chi connectivity index (χ1n) is 11.9. The number of rotatable bonds is 10. The van der Waals surface area contributed by atoms with Crippen molar-refractivity contribution < 1.29 is 14.6 Å². The summed E-state index contributed by atoms with van der Waals surface area (Å²) in [5, 5.41) is 19.7. The number of aliphatic hydroxyl groups is 1. The Bertz CT molecular complexity index is 1400. The number of aromatic nitrogens is 2. The van der Waals surface area contributed by atoms with Crippen LogP contribution in [0.4, 0.5) is 0 Å². The Balaban J connectivity index is 1.46. The Morgan fingerprint density at radius 3 is 2.64 bits per heavy atom. The lowest BCUT2D eigenvalue weighted by Gasteiger charge is -2.16. The number of benzene rings is 2. The number of pyridine rings is 1. The highest BCUT2D eigenvalue weighted by Gasteiger charge is 2.18. The molecule has 4 rings (SSSR count). The molecule has 1 N–H and O–H groups in total. The van der Waals surface area contributed by atoms with Gasteiger partial charge in [-0.3, -0.25) is 4.79 Å². The topological polar surface area (TPSA) is 87.6 Å². The molecule has 2 aromatic heterocycles. The zero-order valence-corrected chi connectivity index (χ0v) is 21.1. The van der Waals surface area contributed by atoms with Crippen LogP contribution in [0.5, 0.6) is 5.75 Å². The van der Waals surface area contributed by atoms with Gasteiger partial charge in [-0.2, -0.15) is 5.26 Å². The van der Waals surface area contributed by atoms with Gasteiger partial charge in [0.2, 0.25) is 0 Å². The van der Waals surface area contributed by atoms with Gasteiger partial charge in [-0.25, -0.2) is 4.98 Å². The minimum Gasteiger partial charge on any atom is -0.490 e. The van der Waals surface area contributed by atoms with Crippen LogP contribution in [-0.2, 0) is 6.42 Å². The van der Waals surface area contributed by atoms with Crippen LogP contribution in [0, 0.1) is 17.2 Å². The number of ketones is 1. The van der Waals surface area contributed by atoms with Crippen LogP contribution in [0.2, 0.25) is 5.02 Å². The second-order valence-electron chi connectivity index (χ2n) is 9.11. The van der Waals surface area contributed by atoms with E-state index in [0.717, 1.165) is 16.8 Å². The van der Waals surface area contributed by atoms with E-state index in [9.17, 15) is 15.2 Å². The molecule has 0 aliphatic heterocycles. The molecule has 0 aliphatic carbocycles. The second kappa shape index (κ2) is 11.4. The van der Waals surface area contributed by atoms with Gasteiger partial charge in [-0.1, -0.05) is 35.9 Å². The Morgan fingerprint density at radius 1 is 1.19 bits per heavy atom. The second-order valence-corrected chi connectivity index (χ2v) is 9.52. The maximum Gasteiger partial charge on any atom is 0.163 e. The van der Waals surface area contributed by atoms with Crippen LogP contribution in [0.1, 0.15) is 48.2 Å². The van der Waals surface area contributed by atoms with Crippen LogP contribution in [0.25, 0.3) is 16.9 Å². The van der Waals surface area contributed by atoms with Crippen molar-refractivity contribution in [2.45, 2.75) is 39.2 Å². The first kappa shape index (κ1) is 25.4. The minimum atomic E-state index is -0.0653. The Hall–Kier alpha value is -3.66. The molecule has 0 saturated heterocycles. The average Bonchev–Trinajstić information content (AvgIpc) is 3.30. The van der Waals surface area contributed by atoms with Crippen LogP contribution in [0.15, 0.2) is 67.0 Å². The first-order valence-corrected chi connectivity index (χ1v) is 12.3. The SMILES string of the molecule is CC(C)Oc1ccc(C(=O)C[C@H](CCO)Cc2ccc(-c3cn4cccc(Cl)c4n3)cc2)cc1C#N. The highest BCUT2D eigenvalue weighted by atomic mass is 35.5. The van der Waals surface area contributed by atoms with Gasteiger partial charge < -0.3 is 14.2 Å². The van der Waals surface area contributed by atoms with E-state index >= 15 is 0 Å². The molecule has 7 heteroatoms. The number of Topliss-reactive ketones (excluding diaryl/α,β-unsaturated/α-hetero) is 1. The molecule has 36 heavy (non-hydrogen) atoms. The van der Waals surface area contributed by atoms with E-state index in [-0.39, 0.29) is 30.8 Å². The number of nitriles is 1. The van der Waals surface area contributed by atoms with E-state index in [1.807, 2.05) is 67.0 Å². The van der Waals surface area contributed by atoms with Crippen molar-refractivity contribution in [2.75, 3.05) is 6.61 Å². The average molecular weight is 502 g/mol. The monoisotopic (exact) mass is 501 g/mol. The summed E-state index contributed by atoms with van der Waals surface area (Å²) in [6.45, 7) is 3.78. The summed E-state index contributed by atoms with van der Waals surface area (Å²) in [6.07, 6.45) is 5.23. The van der Waals surface area contributed by atoms with Crippen molar-refractivity contribution in [3.63, 3.8) is 0 Å². The third kappa shape index (κ3) is 5.93. The lowest BCUT2D eigenvalue weighted by Crippen LogP contribution is -2.14. The highest BCUT2D eigenvalue weighted by Crippen LogP contribution is 2.26. The van der Waals surface area contributed by atoms with Crippen LogP contribution < -0.4 is 4.74 Å². The fraction of sp³-hybridized carbons (Fsp3) is 0.276. The molecule has 0 bridgehead atoms. The van der Waals surface area contributed by atoms with Crippen molar-refractivity contribution in [2.24, 2.45) is 5.92 Å². The van der Waals surface area contributed by atoms with Crippen molar-refractivity contribution >= 4 is 23.0 Å². The van der Waals surface area contributed by atoms with Gasteiger partial charge in [0.05, 0.1) is 22.4 Å². The van der Waals surface area contributed by atoms with E-state index in [1.54, 1.807) is 18.2 Å². The van der Waals surface area contributed by atoms with E-state index in [4.69, 9.17) is 16.3 Å². The molecule has 4 aromatic rings. The number of halogens is 1. The summed E-state index contributed by atoms with van der Waals surface area (Å²) in [5.74, 6) is 0.391. The van der Waals surface area contributed by atoms with Crippen molar-refractivity contribution in [1.82, 2.24) is 9.38 Å². The predicted octanol–water partition coefficient (Wildman–Crippen LogP) is 6.13. The fourth-order valence-electron chi connectivity index (χ4n) is 4.25. The number of aliphatic hydroxyl groups excluding tert-OH is 1. The number of imidazole rings is 1. The molecule has 1 atom stereocenters. The third-order valence-corrected chi connectivity index (χ3v) is 6.30. The smallest absolute Gasteiger partial charge is 0.163 e. The van der Waals surface area contributed by atoms with E-state index in [1.165, 1.54) is 0 Å². The number of ether oxygens (including phenoxy) is 1. The summed E-state index contributed by atoms with van der Waals surface area (Å²) in [6, 6.07) is 18.9. The number of nitrogens with zero attached hydrogens (tertiary/aromatic N) is 3. The lowest BCUT2D eigenvalue weighted by molar-refractivity contribution is 0.0953. The molecule has 184 valence electrons. The number of fused-ring (bicyclic) bond motifs is 1. The van der Waals surface area contributed by atoms with E-state index in [2.05, 4.69) is 11.1 Å². The molecular formula is C29H28ClN3O3. The van der Waals surface area contributed by atoms with Crippen molar-refractivity contribution in [3.05, 3.63) is 88.7 Å². The standard InChI is InChI=1S/C29H28ClN3O3/c1-19(2)36-28-10-9-23(16-24(28)17-31)27(35)15-21(11-13-34)14-20-5-7-22(8-6-20)26-18-33-12-3-4-25(30)29(33)32-26/h3-10,12,16,18-19,21,34H,11,13-15H2,1-2H3/t21-/m1/s1. The zero-order chi connectivity index (χ0) is 25.7. The largest absolute Gasteiger partial charge is 0.490 e. The molecule has 0 saturated carbocycles. The Labute approximate surface area is 215 Å². The molecule has 2 aromatic carbocycles. The molecule has 0 unspecified atom stereocenters. The van der Waals surface area contributed by atoms with Crippen molar-refractivity contribution in [1.29, 1.82) is 5.26 Å². The molecule has 0 fully saturated rings. The predicted molar refractivity (Wildman–Crippen MR) is 140 cm³/mol. The van der Waals surface area contributed by atoms with Crippen LogP contribution in [-0.4, -0.2) is 33.0 Å². The van der Waals surface area contributed by atoms with Crippen LogP contribution >= 0.6 is 11.6 Å². The maximum atomic E-state index is 13.0. The number of carbonyl (C=O) groups is 1. The molecule has 6 nitrogen and oxygen atoms in total. The Kier molecular flexibility index (Phi) is 8.04. The normalized spacial score (nSPS) is 12.0. The molecule has 2 heterocycles. The minimum absolute atomic E-state index is 0.00263. The third-order valence-electron chi connectivity index (χ3n) is 6.01. The van der Waals surface area contributed by atoms with Gasteiger partial charge in [0.1, 0.15) is 11.8 Å². The lowest BCUT2D eigenvalue weighted by atomic mass is 9.89. The van der Waals surface area contributed by atoms with E-state index in [0.29, 0.717) is 40.4 Å². The van der Waals surface area contributed by atoms with Gasteiger partial charge in [0.25, 0.3) is 0 Å². The summed E-state index contributed by atoms with van der Waals surface area (Å²) in [5.41, 5.74) is 4.41. The zero-order valence-electron chi connectivity index (χ0n) is 20.3. The van der Waals surface area contributed by atoms with Gasteiger partial charge in [-0.15, -0.1) is 0 Å². The van der Waals surface area contributed by atoms with Crippen molar-refractivity contribution in [3.8, 4) is 23.1 Å². The first-order chi connectivity index (χ1) is 17.4. The van der Waals surface area contributed by atoms with Gasteiger partial charge in [0, 0.05) is 36.5 Å². The number of hydrogen-bond donors (Lipinski definition) is 1. The molecule has 0 spiro atoms. The maximum absolute atomic E-state index is 13.0. The molecule has 0 aliphatic rings. The van der Waals surface area contributed by atoms with Gasteiger partial charge in [0.15, 0.2) is 11.4 Å². The van der Waals surface area contributed by atoms with Gasteiger partial charge in [-0.05, 0) is 68.5 Å². The quantitative estimate of drug-likeness (QED) is 0.264. The Morgan fingerprint density at radius 2 is 1.97 bits per heavy atom. The number of hydrogen-bond acceptors (Lipinski definition) is 5. The number of carbonyl (C=O) groups excluding carboxylic acids is 1. The molecular weight excluding hydrogens is 474 g/mol. The molecule has 0 amide bonds. The van der Waals surface area contributed by atoms with Crippen LogP contribution in [0.3, 0.4) is 0 Å². The molecule has 0 radical (unpaired) electrons. The van der Waals surface area contributed by atoms with Gasteiger partial charge >= 0.3 is 0 Å². The van der Waals surface area contributed by atoms with E-state index < -0.39 is 0 Å². The summed E-state index contributed by atoms with van der Waals surface area (Å²) in [7, 11) is 0. The summed E-state index contributed by atoms with van der Waals surface area (Å²) in [4.78, 5) is 17.7.